The first-order valence-corrected chi connectivity index (χ1v) is 7.73. The number of aliphatic hydroxyl groups excluding tert-OH is 2. The SMILES string of the molecule is COC(=O)C1=CC2CCC1C1CCC(O)C(O)C21C(=O)OC. The molecule has 4 aliphatic carbocycles. The minimum absolute atomic E-state index is 0.126. The molecule has 0 aromatic carbocycles. The van der Waals surface area contributed by atoms with Crippen LogP contribution in [0, 0.1) is 23.2 Å². The predicted molar refractivity (Wildman–Crippen MR) is 75.5 cm³/mol. The molecule has 0 saturated heterocycles. The molecule has 6 atom stereocenters. The Kier molecular flexibility index (Phi) is 3.77. The van der Waals surface area contributed by atoms with E-state index >= 15 is 0 Å². The lowest BCUT2D eigenvalue weighted by molar-refractivity contribution is -0.206. The monoisotopic (exact) mass is 310 g/mol. The molecule has 0 spiro atoms. The fourth-order valence-corrected chi connectivity index (χ4v) is 4.98. The number of carbonyl (C=O) groups is 2. The molecule has 6 nitrogen and oxygen atoms in total. The maximum absolute atomic E-state index is 12.6. The second kappa shape index (κ2) is 5.35. The fraction of sp³-hybridized carbons (Fsp3) is 0.750. The van der Waals surface area contributed by atoms with Crippen molar-refractivity contribution in [1.82, 2.24) is 0 Å². The molecule has 22 heavy (non-hydrogen) atoms. The van der Waals surface area contributed by atoms with Crippen molar-refractivity contribution in [3.05, 3.63) is 11.6 Å². The molecule has 2 fully saturated rings. The van der Waals surface area contributed by atoms with E-state index in [1.54, 1.807) is 6.08 Å². The third-order valence-electron chi connectivity index (χ3n) is 5.87. The maximum Gasteiger partial charge on any atom is 0.333 e. The van der Waals surface area contributed by atoms with Gasteiger partial charge in [0.2, 0.25) is 0 Å². The van der Waals surface area contributed by atoms with Crippen LogP contribution in [0.15, 0.2) is 11.6 Å². The van der Waals surface area contributed by atoms with Gasteiger partial charge in [-0.25, -0.2) is 4.79 Å². The van der Waals surface area contributed by atoms with Gasteiger partial charge in [-0.1, -0.05) is 6.08 Å². The molecule has 2 bridgehead atoms. The Morgan fingerprint density at radius 3 is 2.50 bits per heavy atom. The summed E-state index contributed by atoms with van der Waals surface area (Å²) in [5.41, 5.74) is -0.542. The van der Waals surface area contributed by atoms with Gasteiger partial charge in [-0.05, 0) is 43.4 Å². The molecule has 0 aromatic rings. The van der Waals surface area contributed by atoms with Crippen LogP contribution in [0.4, 0.5) is 0 Å². The predicted octanol–water partition coefficient (Wildman–Crippen LogP) is 0.417. The molecular weight excluding hydrogens is 288 g/mol. The van der Waals surface area contributed by atoms with E-state index in [1.165, 1.54) is 14.2 Å². The van der Waals surface area contributed by atoms with E-state index in [0.29, 0.717) is 24.8 Å². The van der Waals surface area contributed by atoms with Crippen LogP contribution >= 0.6 is 0 Å². The van der Waals surface area contributed by atoms with Crippen molar-refractivity contribution >= 4 is 11.9 Å². The number of hydrogen-bond donors (Lipinski definition) is 2. The standard InChI is InChI=1S/C16H22O6/c1-21-14(19)10-7-8-3-4-9(10)11-5-6-12(17)13(18)16(8,11)15(20)22-2/h7-9,11-13,17-18H,3-6H2,1-2H3. The Hall–Kier alpha value is -1.40. The van der Waals surface area contributed by atoms with E-state index in [4.69, 9.17) is 9.47 Å². The number of rotatable bonds is 2. The minimum atomic E-state index is -1.16. The van der Waals surface area contributed by atoms with Gasteiger partial charge in [0.05, 0.1) is 26.4 Å². The molecule has 6 unspecified atom stereocenters. The van der Waals surface area contributed by atoms with Crippen LogP contribution < -0.4 is 0 Å². The lowest BCUT2D eigenvalue weighted by atomic mass is 9.45. The summed E-state index contributed by atoms with van der Waals surface area (Å²) in [6.45, 7) is 0. The minimum Gasteiger partial charge on any atom is -0.468 e. The van der Waals surface area contributed by atoms with E-state index in [0.717, 1.165) is 6.42 Å². The molecule has 4 aliphatic rings. The van der Waals surface area contributed by atoms with Gasteiger partial charge < -0.3 is 19.7 Å². The number of allylic oxidation sites excluding steroid dienone is 1. The van der Waals surface area contributed by atoms with Crippen molar-refractivity contribution in [2.75, 3.05) is 14.2 Å². The fourth-order valence-electron chi connectivity index (χ4n) is 4.98. The van der Waals surface area contributed by atoms with E-state index in [-0.39, 0.29) is 23.7 Å². The molecule has 6 heteroatoms. The summed E-state index contributed by atoms with van der Waals surface area (Å²) in [7, 11) is 2.65. The quantitative estimate of drug-likeness (QED) is 0.718. The highest BCUT2D eigenvalue weighted by Crippen LogP contribution is 2.61. The zero-order chi connectivity index (χ0) is 16.1. The summed E-state index contributed by atoms with van der Waals surface area (Å²) in [6, 6.07) is 0. The summed E-state index contributed by atoms with van der Waals surface area (Å²) in [6.07, 6.45) is 2.14. The van der Waals surface area contributed by atoms with Crippen molar-refractivity contribution in [2.45, 2.75) is 37.9 Å². The number of ether oxygens (including phenoxy) is 2. The number of esters is 2. The molecule has 0 heterocycles. The third kappa shape index (κ3) is 1.80. The summed E-state index contributed by atoms with van der Waals surface area (Å²) in [5.74, 6) is -1.49. The molecule has 2 saturated carbocycles. The van der Waals surface area contributed by atoms with Crippen molar-refractivity contribution < 1.29 is 29.3 Å². The second-order valence-electron chi connectivity index (χ2n) is 6.52. The van der Waals surface area contributed by atoms with Crippen LogP contribution in [0.3, 0.4) is 0 Å². The molecule has 0 amide bonds. The summed E-state index contributed by atoms with van der Waals surface area (Å²) in [4.78, 5) is 24.6. The zero-order valence-corrected chi connectivity index (χ0v) is 12.8. The second-order valence-corrected chi connectivity index (χ2v) is 6.52. The highest BCUT2D eigenvalue weighted by Gasteiger charge is 2.66. The third-order valence-corrected chi connectivity index (χ3v) is 5.87. The van der Waals surface area contributed by atoms with Crippen LogP contribution in [-0.4, -0.2) is 48.6 Å². The molecule has 0 aromatic heterocycles. The lowest BCUT2D eigenvalue weighted by Crippen LogP contribution is -2.65. The molecule has 0 aliphatic heterocycles. The van der Waals surface area contributed by atoms with Gasteiger partial charge in [0.15, 0.2) is 0 Å². The van der Waals surface area contributed by atoms with Crippen molar-refractivity contribution in [1.29, 1.82) is 0 Å². The van der Waals surface area contributed by atoms with Crippen LogP contribution in [-0.2, 0) is 19.1 Å². The van der Waals surface area contributed by atoms with Gasteiger partial charge in [0.25, 0.3) is 0 Å². The highest BCUT2D eigenvalue weighted by atomic mass is 16.5. The summed E-state index contributed by atoms with van der Waals surface area (Å²) >= 11 is 0. The Balaban J connectivity index is 2.12. The van der Waals surface area contributed by atoms with Crippen LogP contribution in [0.5, 0.6) is 0 Å². The number of carbonyl (C=O) groups excluding carboxylic acids is 2. The average Bonchev–Trinajstić information content (AvgIpc) is 2.56. The smallest absolute Gasteiger partial charge is 0.333 e. The van der Waals surface area contributed by atoms with Gasteiger partial charge in [-0.3, -0.25) is 4.79 Å². The van der Waals surface area contributed by atoms with E-state index in [1.807, 2.05) is 0 Å². The molecule has 0 radical (unpaired) electrons. The number of hydrogen-bond acceptors (Lipinski definition) is 6. The van der Waals surface area contributed by atoms with Gasteiger partial charge >= 0.3 is 11.9 Å². The normalized spacial score (nSPS) is 43.1. The molecule has 122 valence electrons. The van der Waals surface area contributed by atoms with E-state index in [2.05, 4.69) is 0 Å². The largest absolute Gasteiger partial charge is 0.468 e. The highest BCUT2D eigenvalue weighted by molar-refractivity contribution is 5.91. The molecule has 4 rings (SSSR count). The van der Waals surface area contributed by atoms with E-state index < -0.39 is 23.6 Å². The maximum atomic E-state index is 12.6. The van der Waals surface area contributed by atoms with Crippen LogP contribution in [0.1, 0.15) is 25.7 Å². The first kappa shape index (κ1) is 15.5. The first-order valence-electron chi connectivity index (χ1n) is 7.73. The summed E-state index contributed by atoms with van der Waals surface area (Å²) < 4.78 is 9.84. The Bertz CT molecular complexity index is 527. The van der Waals surface area contributed by atoms with E-state index in [9.17, 15) is 19.8 Å². The van der Waals surface area contributed by atoms with Crippen molar-refractivity contribution in [3.63, 3.8) is 0 Å². The first-order chi connectivity index (χ1) is 10.5. The topological polar surface area (TPSA) is 93.1 Å². The molecule has 2 N–H and O–H groups in total. The average molecular weight is 310 g/mol. The Labute approximate surface area is 129 Å². The van der Waals surface area contributed by atoms with Gasteiger partial charge in [-0.2, -0.15) is 0 Å². The van der Waals surface area contributed by atoms with Gasteiger partial charge in [0, 0.05) is 5.57 Å². The summed E-state index contributed by atoms with van der Waals surface area (Å²) in [5, 5.41) is 20.7. The van der Waals surface area contributed by atoms with Crippen LogP contribution in [0.2, 0.25) is 0 Å². The Morgan fingerprint density at radius 1 is 1.14 bits per heavy atom. The van der Waals surface area contributed by atoms with Crippen LogP contribution in [0.25, 0.3) is 0 Å². The van der Waals surface area contributed by atoms with Crippen molar-refractivity contribution in [3.8, 4) is 0 Å². The molecular formula is C16H22O6. The van der Waals surface area contributed by atoms with Gasteiger partial charge in [0.1, 0.15) is 5.41 Å². The van der Waals surface area contributed by atoms with Crippen molar-refractivity contribution in [2.24, 2.45) is 23.2 Å². The lowest BCUT2D eigenvalue weighted by Gasteiger charge is -2.58. The van der Waals surface area contributed by atoms with Gasteiger partial charge in [-0.15, -0.1) is 0 Å². The Morgan fingerprint density at radius 2 is 1.86 bits per heavy atom. The number of methoxy groups -OCH3 is 2. The number of fused-ring (bicyclic) bond motifs is 1. The zero-order valence-electron chi connectivity index (χ0n) is 12.8. The number of aliphatic hydroxyl groups is 2.